The molecule has 254 valence electrons. The van der Waals surface area contributed by atoms with Crippen molar-refractivity contribution in [3.63, 3.8) is 0 Å². The van der Waals surface area contributed by atoms with Crippen molar-refractivity contribution in [1.29, 1.82) is 0 Å². The highest BCUT2D eigenvalue weighted by atomic mass is 16.5. The van der Waals surface area contributed by atoms with Crippen LogP contribution in [0.4, 0.5) is 0 Å². The molecule has 0 aromatic rings. The summed E-state index contributed by atoms with van der Waals surface area (Å²) in [5.41, 5.74) is 0. The van der Waals surface area contributed by atoms with Crippen molar-refractivity contribution < 1.29 is 24.5 Å². The number of aliphatic hydroxyl groups is 2. The van der Waals surface area contributed by atoms with Crippen LogP contribution in [0, 0.1) is 0 Å². The molecule has 0 fully saturated rings. The number of hydrogen-bond acceptors (Lipinski definition) is 5. The molecule has 0 bridgehead atoms. The van der Waals surface area contributed by atoms with Crippen LogP contribution in [-0.2, 0) is 14.3 Å². The number of rotatable bonds is 32. The molecule has 0 saturated heterocycles. The van der Waals surface area contributed by atoms with E-state index in [9.17, 15) is 9.59 Å². The number of hydrogen-bond donors (Lipinski definition) is 2. The van der Waals surface area contributed by atoms with Crippen molar-refractivity contribution in [3.8, 4) is 0 Å². The Morgan fingerprint density at radius 2 is 0.721 bits per heavy atom. The lowest BCUT2D eigenvalue weighted by atomic mass is 10.1. The maximum absolute atomic E-state index is 10.9. The van der Waals surface area contributed by atoms with Crippen molar-refractivity contribution in [3.05, 3.63) is 24.3 Å². The van der Waals surface area contributed by atoms with Gasteiger partial charge in [0.2, 0.25) is 0 Å². The van der Waals surface area contributed by atoms with E-state index in [4.69, 9.17) is 10.2 Å². The normalized spacial score (nSPS) is 11.3. The Balaban J connectivity index is 0. The van der Waals surface area contributed by atoms with Gasteiger partial charge in [0.1, 0.15) is 5.78 Å². The van der Waals surface area contributed by atoms with Gasteiger partial charge in [-0.25, -0.2) is 0 Å². The minimum Gasteiger partial charge on any atom is -0.469 e. The molecular formula is C38H72O5. The highest BCUT2D eigenvalue weighted by Gasteiger charge is 1.99. The first-order chi connectivity index (χ1) is 21.1. The van der Waals surface area contributed by atoms with Gasteiger partial charge in [-0.05, 0) is 84.0 Å². The van der Waals surface area contributed by atoms with Gasteiger partial charge in [-0.3, -0.25) is 4.79 Å². The van der Waals surface area contributed by atoms with Crippen molar-refractivity contribution in [2.45, 2.75) is 187 Å². The lowest BCUT2D eigenvalue weighted by molar-refractivity contribution is -0.140. The molecule has 5 nitrogen and oxygen atoms in total. The monoisotopic (exact) mass is 609 g/mol. The van der Waals surface area contributed by atoms with Crippen LogP contribution in [0.5, 0.6) is 0 Å². The van der Waals surface area contributed by atoms with Crippen LogP contribution in [0.25, 0.3) is 0 Å². The number of unbranched alkanes of at least 4 members (excludes halogenated alkanes) is 22. The number of methoxy groups -OCH3 is 1. The van der Waals surface area contributed by atoms with E-state index < -0.39 is 0 Å². The first kappa shape index (κ1) is 43.7. The first-order valence-corrected chi connectivity index (χ1v) is 18.2. The SMILES string of the molecule is COC(=O)CCCCCCC/C=C/CCCCCCCC(C)=O.OCCCCCCCC/C=C/CCCCCCCCO. The number of carbonyl (C=O) groups excluding carboxylic acids is 2. The van der Waals surface area contributed by atoms with E-state index in [2.05, 4.69) is 29.0 Å². The van der Waals surface area contributed by atoms with Gasteiger partial charge >= 0.3 is 5.97 Å². The van der Waals surface area contributed by atoms with E-state index in [1.807, 2.05) is 0 Å². The number of ketones is 1. The molecule has 0 aliphatic heterocycles. The highest BCUT2D eigenvalue weighted by molar-refractivity contribution is 5.75. The molecule has 0 aliphatic rings. The van der Waals surface area contributed by atoms with Crippen molar-refractivity contribution in [2.24, 2.45) is 0 Å². The zero-order valence-electron chi connectivity index (χ0n) is 28.6. The Labute approximate surface area is 267 Å². The summed E-state index contributed by atoms with van der Waals surface area (Å²) >= 11 is 0. The smallest absolute Gasteiger partial charge is 0.305 e. The summed E-state index contributed by atoms with van der Waals surface area (Å²) in [5, 5.41) is 17.3. The Hall–Kier alpha value is -1.46. The molecule has 0 spiro atoms. The predicted molar refractivity (Wildman–Crippen MR) is 184 cm³/mol. The fourth-order valence-electron chi connectivity index (χ4n) is 4.96. The van der Waals surface area contributed by atoms with Crippen molar-refractivity contribution in [2.75, 3.05) is 20.3 Å². The topological polar surface area (TPSA) is 83.8 Å². The van der Waals surface area contributed by atoms with Gasteiger partial charge in [-0.2, -0.15) is 0 Å². The molecule has 0 saturated carbocycles. The van der Waals surface area contributed by atoms with E-state index >= 15 is 0 Å². The zero-order chi connectivity index (χ0) is 31.9. The minimum absolute atomic E-state index is 0.0909. The van der Waals surface area contributed by atoms with Gasteiger partial charge in [-0.1, -0.05) is 114 Å². The average Bonchev–Trinajstić information content (AvgIpc) is 3.00. The van der Waals surface area contributed by atoms with Crippen molar-refractivity contribution >= 4 is 11.8 Å². The van der Waals surface area contributed by atoms with E-state index in [1.54, 1.807) is 6.92 Å². The molecule has 0 radical (unpaired) electrons. The Bertz CT molecular complexity index is 593. The van der Waals surface area contributed by atoms with Gasteiger partial charge in [0, 0.05) is 26.1 Å². The summed E-state index contributed by atoms with van der Waals surface area (Å²) in [4.78, 5) is 21.7. The van der Waals surface area contributed by atoms with Gasteiger partial charge in [0.05, 0.1) is 7.11 Å². The molecule has 5 heteroatoms. The first-order valence-electron chi connectivity index (χ1n) is 18.2. The molecule has 0 rings (SSSR count). The average molecular weight is 609 g/mol. The molecule has 0 amide bonds. The van der Waals surface area contributed by atoms with Gasteiger partial charge < -0.3 is 19.7 Å². The fraction of sp³-hybridized carbons (Fsp3) is 0.842. The van der Waals surface area contributed by atoms with Crippen LogP contribution in [-0.4, -0.2) is 42.3 Å². The third kappa shape index (κ3) is 45.1. The molecule has 0 heterocycles. The van der Waals surface area contributed by atoms with Crippen LogP contribution < -0.4 is 0 Å². The summed E-state index contributed by atoms with van der Waals surface area (Å²) in [5.74, 6) is 0.225. The number of aliphatic hydroxyl groups excluding tert-OH is 2. The minimum atomic E-state index is -0.0909. The summed E-state index contributed by atoms with van der Waals surface area (Å²) in [6.45, 7) is 2.38. The molecule has 0 unspecified atom stereocenters. The molecule has 0 aliphatic carbocycles. The van der Waals surface area contributed by atoms with Crippen LogP contribution in [0.3, 0.4) is 0 Å². The quantitative estimate of drug-likeness (QED) is 0.0451. The second-order valence-corrected chi connectivity index (χ2v) is 12.1. The largest absolute Gasteiger partial charge is 0.469 e. The Kier molecular flexibility index (Phi) is 41.2. The molecule has 0 atom stereocenters. The van der Waals surface area contributed by atoms with E-state index in [-0.39, 0.29) is 5.97 Å². The molecule has 2 N–H and O–H groups in total. The maximum atomic E-state index is 10.9. The standard InChI is InChI=1S/C20H36O3.C18H36O2/c1-19(21)17-15-13-11-9-7-5-3-4-6-8-10-12-14-16-18-20(22)23-2;19-17-15-13-11-9-7-5-3-1-2-4-6-8-10-12-14-16-18-20/h3-4H,5-18H2,1-2H3;1-2,19-20H,3-18H2/b4-3+;2-1+. The number of carbonyl (C=O) groups is 2. The summed E-state index contributed by atoms with van der Waals surface area (Å²) < 4.78 is 4.62. The van der Waals surface area contributed by atoms with E-state index in [0.29, 0.717) is 25.4 Å². The van der Waals surface area contributed by atoms with Crippen molar-refractivity contribution in [1.82, 2.24) is 0 Å². The third-order valence-corrected chi connectivity index (χ3v) is 7.77. The van der Waals surface area contributed by atoms with Crippen LogP contribution in [0.15, 0.2) is 24.3 Å². The number of allylic oxidation sites excluding steroid dienone is 4. The van der Waals surface area contributed by atoms with E-state index in [1.165, 1.54) is 142 Å². The van der Waals surface area contributed by atoms with Crippen LogP contribution >= 0.6 is 0 Å². The number of ether oxygens (including phenoxy) is 1. The Morgan fingerprint density at radius 1 is 0.442 bits per heavy atom. The highest BCUT2D eigenvalue weighted by Crippen LogP contribution is 2.11. The van der Waals surface area contributed by atoms with Gasteiger partial charge in [0.25, 0.3) is 0 Å². The fourth-order valence-corrected chi connectivity index (χ4v) is 4.96. The summed E-state index contributed by atoms with van der Waals surface area (Å²) in [6, 6.07) is 0. The van der Waals surface area contributed by atoms with E-state index in [0.717, 1.165) is 38.5 Å². The van der Waals surface area contributed by atoms with Gasteiger partial charge in [0.15, 0.2) is 0 Å². The third-order valence-electron chi connectivity index (χ3n) is 7.77. The van der Waals surface area contributed by atoms with Crippen LogP contribution in [0.2, 0.25) is 0 Å². The summed E-state index contributed by atoms with van der Waals surface area (Å²) in [6.07, 6.45) is 42.1. The lowest BCUT2D eigenvalue weighted by Gasteiger charge is -2.00. The lowest BCUT2D eigenvalue weighted by Crippen LogP contribution is -1.98. The predicted octanol–water partition coefficient (Wildman–Crippen LogP) is 10.8. The number of Topliss-reactive ketones (excluding diaryl/α,β-unsaturated/α-hetero) is 1. The maximum Gasteiger partial charge on any atom is 0.305 e. The zero-order valence-corrected chi connectivity index (χ0v) is 28.6. The molecule has 0 aromatic carbocycles. The molecular weight excluding hydrogens is 536 g/mol. The number of esters is 1. The molecule has 0 aromatic heterocycles. The second kappa shape index (κ2) is 40.5. The second-order valence-electron chi connectivity index (χ2n) is 12.1. The van der Waals surface area contributed by atoms with Gasteiger partial charge in [-0.15, -0.1) is 0 Å². The van der Waals surface area contributed by atoms with Crippen LogP contribution in [0.1, 0.15) is 187 Å². The summed E-state index contributed by atoms with van der Waals surface area (Å²) in [7, 11) is 1.45. The molecule has 43 heavy (non-hydrogen) atoms. The Morgan fingerprint density at radius 3 is 1.02 bits per heavy atom.